The lowest BCUT2D eigenvalue weighted by Gasteiger charge is -1.96. The van der Waals surface area contributed by atoms with Crippen LogP contribution in [0, 0.1) is 0 Å². The van der Waals surface area contributed by atoms with Crippen molar-refractivity contribution in [2.45, 2.75) is 19.8 Å². The van der Waals surface area contributed by atoms with Crippen molar-refractivity contribution in [3.05, 3.63) is 0 Å². The third-order valence-electron chi connectivity index (χ3n) is 1.11. The smallest absolute Gasteiger partial charge is 0.0105 e. The molecule has 0 rings (SSSR count). The average molecular weight is 166 g/mol. The van der Waals surface area contributed by atoms with Crippen molar-refractivity contribution < 1.29 is 4.89 Å². The first-order chi connectivity index (χ1) is 4.31. The Morgan fingerprint density at radius 2 is 2.33 bits per heavy atom. The largest absolute Gasteiger partial charge is 0.379 e. The van der Waals surface area contributed by atoms with Gasteiger partial charge in [-0.15, -0.1) is 0 Å². The Morgan fingerprint density at radius 3 is 2.78 bits per heavy atom. The highest BCUT2D eigenvalue weighted by atomic mass is 32.1. The topological polar surface area (TPSA) is 20.2 Å². The van der Waals surface area contributed by atoms with E-state index in [0.717, 1.165) is 12.6 Å². The van der Waals surface area contributed by atoms with Crippen LogP contribution in [0.5, 0.6) is 0 Å². The van der Waals surface area contributed by atoms with Crippen molar-refractivity contribution in [2.75, 3.05) is 11.9 Å². The Balaban J connectivity index is 3.25. The van der Waals surface area contributed by atoms with Crippen LogP contribution in [0.15, 0.2) is 0 Å². The molecule has 0 aliphatic heterocycles. The van der Waals surface area contributed by atoms with Gasteiger partial charge in [-0.1, -0.05) is 19.1 Å². The number of hydrogen-bond donors (Lipinski definition) is 2. The molecule has 56 valence electrons. The maximum absolute atomic E-state index is 9.18. The van der Waals surface area contributed by atoms with E-state index in [-0.39, 0.29) is 0 Å². The molecule has 0 aromatic rings. The van der Waals surface area contributed by atoms with Crippen LogP contribution in [0.1, 0.15) is 19.8 Å². The summed E-state index contributed by atoms with van der Waals surface area (Å²) in [4.78, 5) is 9.18. The molecule has 0 saturated carbocycles. The third-order valence-corrected chi connectivity index (χ3v) is 3.18. The second kappa shape index (κ2) is 6.73. The molecule has 9 heavy (non-hydrogen) atoms. The molecule has 0 aromatic heterocycles. The fourth-order valence-electron chi connectivity index (χ4n) is 0.565. The Hall–Kier alpha value is 0.610. The van der Waals surface area contributed by atoms with Gasteiger partial charge in [0.15, 0.2) is 0 Å². The summed E-state index contributed by atoms with van der Waals surface area (Å²) in [5, 5.41) is 0. The van der Waals surface area contributed by atoms with E-state index in [1.165, 1.54) is 6.42 Å². The molecule has 0 aliphatic rings. The van der Waals surface area contributed by atoms with Gasteiger partial charge in [0.1, 0.15) is 0 Å². The van der Waals surface area contributed by atoms with Gasteiger partial charge in [0.05, 0.1) is 0 Å². The molecule has 1 N–H and O–H groups in total. The molecule has 1 nitrogen and oxygen atoms in total. The van der Waals surface area contributed by atoms with Crippen molar-refractivity contribution in [3.63, 3.8) is 0 Å². The van der Waals surface area contributed by atoms with E-state index < -0.39 is 7.77 Å². The number of unbranched alkanes of at least 4 members (excludes halogenated alkanes) is 1. The van der Waals surface area contributed by atoms with Gasteiger partial charge in [-0.2, -0.15) is 12.6 Å². The molecule has 0 fully saturated rings. The monoisotopic (exact) mass is 166 g/mol. The van der Waals surface area contributed by atoms with Crippen molar-refractivity contribution >= 4 is 26.2 Å². The van der Waals surface area contributed by atoms with Crippen LogP contribution in [-0.2, 0) is 0 Å². The lowest BCUT2D eigenvalue weighted by Crippen LogP contribution is -1.80. The first kappa shape index (κ1) is 9.61. The minimum absolute atomic E-state index is 0.717. The first-order valence-electron chi connectivity index (χ1n) is 3.30. The number of hydrogen-bond acceptors (Lipinski definition) is 2. The quantitative estimate of drug-likeness (QED) is 0.480. The van der Waals surface area contributed by atoms with Crippen LogP contribution in [-0.4, -0.2) is 22.6 Å². The van der Waals surface area contributed by atoms with Crippen LogP contribution in [0.2, 0.25) is 0 Å². The Bertz CT molecular complexity index is 93.1. The minimum atomic E-state index is -1.10. The molecule has 0 aliphatic carbocycles. The lowest BCUT2D eigenvalue weighted by molar-refractivity contribution is 0.637. The Kier molecular flexibility index (Phi) is 7.18. The summed E-state index contributed by atoms with van der Waals surface area (Å²) in [5.74, 6) is 2.64. The van der Waals surface area contributed by atoms with E-state index in [1.807, 2.05) is 5.80 Å². The SMILES string of the molecule is CCCC/[PH](O)=C\CS. The second-order valence-electron chi connectivity index (χ2n) is 1.98. The van der Waals surface area contributed by atoms with E-state index in [0.29, 0.717) is 5.75 Å². The minimum Gasteiger partial charge on any atom is -0.379 e. The highest BCUT2D eigenvalue weighted by Crippen LogP contribution is 2.16. The summed E-state index contributed by atoms with van der Waals surface area (Å²) in [7, 11) is -1.10. The molecule has 3 heteroatoms. The van der Waals surface area contributed by atoms with Crippen molar-refractivity contribution in [1.29, 1.82) is 0 Å². The van der Waals surface area contributed by atoms with Crippen LogP contribution in [0.25, 0.3) is 0 Å². The zero-order chi connectivity index (χ0) is 7.11. The molecule has 0 heterocycles. The Labute approximate surface area is 63.4 Å². The maximum Gasteiger partial charge on any atom is 0.0105 e. The predicted octanol–water partition coefficient (Wildman–Crippen LogP) is 1.64. The zero-order valence-electron chi connectivity index (χ0n) is 5.80. The molecule has 0 amide bonds. The molecular formula is C6H15OPS. The summed E-state index contributed by atoms with van der Waals surface area (Å²) in [6.07, 6.45) is 3.31. The summed E-state index contributed by atoms with van der Waals surface area (Å²) in [5.41, 5.74) is 0. The van der Waals surface area contributed by atoms with E-state index in [1.54, 1.807) is 0 Å². The lowest BCUT2D eigenvalue weighted by atomic mass is 10.4. The Morgan fingerprint density at radius 1 is 1.67 bits per heavy atom. The summed E-state index contributed by atoms with van der Waals surface area (Å²) >= 11 is 3.99. The van der Waals surface area contributed by atoms with Gasteiger partial charge < -0.3 is 4.89 Å². The average Bonchev–Trinajstić information content (AvgIpc) is 1.85. The van der Waals surface area contributed by atoms with Gasteiger partial charge in [0, 0.05) is 5.75 Å². The first-order valence-corrected chi connectivity index (χ1v) is 5.66. The molecule has 0 saturated heterocycles. The fraction of sp³-hybridized carbons (Fsp3) is 0.833. The van der Waals surface area contributed by atoms with E-state index in [4.69, 9.17) is 0 Å². The van der Waals surface area contributed by atoms with Gasteiger partial charge in [-0.05, 0) is 20.4 Å². The highest BCUT2D eigenvalue weighted by Gasteiger charge is 1.86. The second-order valence-corrected chi connectivity index (χ2v) is 4.24. The van der Waals surface area contributed by atoms with Crippen LogP contribution in [0.3, 0.4) is 0 Å². The number of thiol groups is 1. The predicted molar refractivity (Wildman–Crippen MR) is 50.2 cm³/mol. The normalized spacial score (nSPS) is 14.1. The summed E-state index contributed by atoms with van der Waals surface area (Å²) < 4.78 is 0. The van der Waals surface area contributed by atoms with Crippen LogP contribution < -0.4 is 0 Å². The van der Waals surface area contributed by atoms with E-state index in [9.17, 15) is 4.89 Å². The highest BCUT2D eigenvalue weighted by molar-refractivity contribution is 7.81. The molecule has 0 aromatic carbocycles. The third kappa shape index (κ3) is 6.50. The van der Waals surface area contributed by atoms with Gasteiger partial charge >= 0.3 is 0 Å². The molecule has 0 bridgehead atoms. The van der Waals surface area contributed by atoms with Crippen LogP contribution >= 0.6 is 20.4 Å². The zero-order valence-corrected chi connectivity index (χ0v) is 7.69. The van der Waals surface area contributed by atoms with Gasteiger partial charge in [-0.3, -0.25) is 0 Å². The molecular weight excluding hydrogens is 151 g/mol. The molecule has 1 atom stereocenters. The van der Waals surface area contributed by atoms with Gasteiger partial charge in [0.2, 0.25) is 0 Å². The fourth-order valence-corrected chi connectivity index (χ4v) is 2.33. The van der Waals surface area contributed by atoms with Crippen molar-refractivity contribution in [2.24, 2.45) is 0 Å². The molecule has 1 unspecified atom stereocenters. The summed E-state index contributed by atoms with van der Waals surface area (Å²) in [6.45, 7) is 2.13. The molecule has 0 radical (unpaired) electrons. The standard InChI is InChI=1S/C6H15OPS/c1-2-3-4-8(7)5-6-9/h5,7-9H,2-4,6H2,1H3. The van der Waals surface area contributed by atoms with Crippen molar-refractivity contribution in [1.82, 2.24) is 0 Å². The van der Waals surface area contributed by atoms with Gasteiger partial charge in [0.25, 0.3) is 0 Å². The summed E-state index contributed by atoms with van der Waals surface area (Å²) in [6, 6.07) is 0. The van der Waals surface area contributed by atoms with E-state index in [2.05, 4.69) is 19.6 Å². The number of rotatable bonds is 4. The van der Waals surface area contributed by atoms with Gasteiger partial charge in [-0.25, -0.2) is 0 Å². The van der Waals surface area contributed by atoms with Crippen LogP contribution in [0.4, 0.5) is 0 Å². The van der Waals surface area contributed by atoms with Crippen molar-refractivity contribution in [3.8, 4) is 0 Å². The molecule has 0 spiro atoms. The maximum atomic E-state index is 9.18. The van der Waals surface area contributed by atoms with E-state index >= 15 is 0 Å².